The molecule has 1 unspecified atom stereocenters. The highest BCUT2D eigenvalue weighted by atomic mass is 127. The first-order valence-corrected chi connectivity index (χ1v) is 9.21. The predicted molar refractivity (Wildman–Crippen MR) is 113 cm³/mol. The lowest BCUT2D eigenvalue weighted by atomic mass is 10.1. The molecule has 1 aromatic rings. The molecule has 0 spiro atoms. The first-order valence-electron chi connectivity index (χ1n) is 9.21. The molecule has 1 amide bonds. The van der Waals surface area contributed by atoms with E-state index in [1.807, 2.05) is 26.8 Å². The van der Waals surface area contributed by atoms with Gasteiger partial charge in [-0.25, -0.2) is 4.79 Å². The minimum Gasteiger partial charge on any atom is -0.444 e. The zero-order chi connectivity index (χ0) is 18.9. The summed E-state index contributed by atoms with van der Waals surface area (Å²) in [6, 6.07) is 2.17. The number of piperazine rings is 1. The van der Waals surface area contributed by atoms with Gasteiger partial charge in [0, 0.05) is 25.7 Å². The van der Waals surface area contributed by atoms with Gasteiger partial charge in [0.1, 0.15) is 5.60 Å². The molecule has 1 aromatic heterocycles. The van der Waals surface area contributed by atoms with E-state index in [2.05, 4.69) is 34.2 Å². The van der Waals surface area contributed by atoms with Crippen LogP contribution in [0.5, 0.6) is 0 Å². The molecule has 2 aliphatic rings. The number of amides is 1. The number of guanidine groups is 1. The molecule has 1 atom stereocenters. The monoisotopic (exact) mass is 491 g/mol. The molecule has 1 saturated heterocycles. The van der Waals surface area contributed by atoms with Gasteiger partial charge in [-0.2, -0.15) is 0 Å². The molecule has 1 N–H and O–H groups in total. The topological polar surface area (TPSA) is 83.2 Å². The maximum absolute atomic E-state index is 12.3. The van der Waals surface area contributed by atoms with Gasteiger partial charge in [0.2, 0.25) is 0 Å². The van der Waals surface area contributed by atoms with Gasteiger partial charge >= 0.3 is 6.09 Å². The number of carbonyl (C=O) groups is 1. The van der Waals surface area contributed by atoms with Crippen molar-refractivity contribution < 1.29 is 14.1 Å². The maximum Gasteiger partial charge on any atom is 0.410 e. The van der Waals surface area contributed by atoms with Crippen molar-refractivity contribution >= 4 is 36.0 Å². The molecule has 0 radical (unpaired) electrons. The first-order chi connectivity index (χ1) is 12.2. The molecule has 2 aliphatic heterocycles. The molecule has 1 fully saturated rings. The number of hydrogen-bond acceptors (Lipinski definition) is 7. The molecule has 27 heavy (non-hydrogen) atoms. The summed E-state index contributed by atoms with van der Waals surface area (Å²) in [5.41, 5.74) is 0.484. The second-order valence-corrected chi connectivity index (χ2v) is 8.16. The Kier molecular flexibility index (Phi) is 6.98. The van der Waals surface area contributed by atoms with Crippen LogP contribution in [0.1, 0.15) is 52.0 Å². The van der Waals surface area contributed by atoms with Crippen molar-refractivity contribution in [3.8, 4) is 0 Å². The van der Waals surface area contributed by atoms with Crippen LogP contribution in [0, 0.1) is 0 Å². The van der Waals surface area contributed by atoms with Crippen molar-refractivity contribution in [1.82, 2.24) is 20.3 Å². The second kappa shape index (κ2) is 8.66. The van der Waals surface area contributed by atoms with E-state index < -0.39 is 5.60 Å². The van der Waals surface area contributed by atoms with E-state index >= 15 is 0 Å². The lowest BCUT2D eigenvalue weighted by Crippen LogP contribution is -2.57. The number of halogens is 1. The average Bonchev–Trinajstić information content (AvgIpc) is 3.17. The van der Waals surface area contributed by atoms with Gasteiger partial charge in [0.05, 0.1) is 24.8 Å². The molecule has 0 saturated carbocycles. The number of carbonyl (C=O) groups excluding carboxylic acids is 1. The van der Waals surface area contributed by atoms with E-state index in [0.717, 1.165) is 24.0 Å². The van der Waals surface area contributed by atoms with Crippen molar-refractivity contribution in [3.05, 3.63) is 17.5 Å². The summed E-state index contributed by atoms with van der Waals surface area (Å²) < 4.78 is 10.8. The fraction of sp³-hybridized carbons (Fsp3) is 0.722. The summed E-state index contributed by atoms with van der Waals surface area (Å²) in [7, 11) is 0. The Bertz CT molecular complexity index is 683. The average molecular weight is 491 g/mol. The van der Waals surface area contributed by atoms with Crippen LogP contribution >= 0.6 is 24.0 Å². The fourth-order valence-corrected chi connectivity index (χ4v) is 3.07. The van der Waals surface area contributed by atoms with Gasteiger partial charge in [-0.05, 0) is 26.7 Å². The molecule has 0 bridgehead atoms. The third-order valence-corrected chi connectivity index (χ3v) is 4.45. The molecule has 3 rings (SSSR count). The van der Waals surface area contributed by atoms with Crippen LogP contribution in [-0.4, -0.2) is 64.8 Å². The van der Waals surface area contributed by atoms with Gasteiger partial charge in [0.25, 0.3) is 0 Å². The number of nitrogens with one attached hydrogen (secondary N) is 1. The Morgan fingerprint density at radius 3 is 2.78 bits per heavy atom. The normalized spacial score (nSPS) is 19.5. The van der Waals surface area contributed by atoms with Gasteiger partial charge in [0.15, 0.2) is 11.7 Å². The molecule has 3 heterocycles. The Morgan fingerprint density at radius 2 is 2.15 bits per heavy atom. The van der Waals surface area contributed by atoms with Crippen molar-refractivity contribution in [2.75, 3.05) is 26.2 Å². The Morgan fingerprint density at radius 1 is 1.41 bits per heavy atom. The third-order valence-electron chi connectivity index (χ3n) is 4.45. The number of rotatable bonds is 3. The van der Waals surface area contributed by atoms with E-state index in [9.17, 15) is 4.79 Å². The van der Waals surface area contributed by atoms with E-state index in [4.69, 9.17) is 9.26 Å². The zero-order valence-corrected chi connectivity index (χ0v) is 19.0. The Balaban J connectivity index is 0.00000261. The third kappa shape index (κ3) is 5.49. The van der Waals surface area contributed by atoms with E-state index in [-0.39, 0.29) is 36.1 Å². The highest BCUT2D eigenvalue weighted by molar-refractivity contribution is 14.0. The van der Waals surface area contributed by atoms with Gasteiger partial charge in [-0.15, -0.1) is 24.0 Å². The van der Waals surface area contributed by atoms with Crippen LogP contribution in [0.25, 0.3) is 0 Å². The first kappa shape index (κ1) is 21.8. The highest BCUT2D eigenvalue weighted by Crippen LogP contribution is 2.19. The van der Waals surface area contributed by atoms with Crippen LogP contribution in [-0.2, 0) is 11.3 Å². The second-order valence-electron chi connectivity index (χ2n) is 8.16. The van der Waals surface area contributed by atoms with Crippen molar-refractivity contribution in [1.29, 1.82) is 0 Å². The summed E-state index contributed by atoms with van der Waals surface area (Å²) >= 11 is 0. The maximum atomic E-state index is 12.3. The number of hydrogen-bond donors (Lipinski definition) is 1. The zero-order valence-electron chi connectivity index (χ0n) is 16.7. The molecule has 8 nitrogen and oxygen atoms in total. The number of ether oxygens (including phenoxy) is 1. The van der Waals surface area contributed by atoms with Crippen LogP contribution in [0.3, 0.4) is 0 Å². The summed E-state index contributed by atoms with van der Waals surface area (Å²) in [5.74, 6) is 2.01. The van der Waals surface area contributed by atoms with Crippen molar-refractivity contribution in [3.63, 3.8) is 0 Å². The van der Waals surface area contributed by atoms with E-state index in [0.29, 0.717) is 32.1 Å². The smallest absolute Gasteiger partial charge is 0.410 e. The lowest BCUT2D eigenvalue weighted by molar-refractivity contribution is 0.0137. The SMILES string of the molecule is CC(C)c1cc(CNC2=NCC3CN(C(=O)OC(C)(C)C)CCN23)on1.I. The molecular weight excluding hydrogens is 461 g/mol. The number of aromatic nitrogens is 1. The Hall–Kier alpha value is -1.52. The minimum absolute atomic E-state index is 0. The molecule has 0 aliphatic carbocycles. The van der Waals surface area contributed by atoms with Crippen LogP contribution in [0.15, 0.2) is 15.6 Å². The summed E-state index contributed by atoms with van der Waals surface area (Å²) in [6.45, 7) is 13.1. The van der Waals surface area contributed by atoms with Gasteiger partial charge < -0.3 is 24.4 Å². The number of aliphatic imine (C=N–C) groups is 1. The fourth-order valence-electron chi connectivity index (χ4n) is 3.07. The van der Waals surface area contributed by atoms with Crippen LogP contribution < -0.4 is 5.32 Å². The van der Waals surface area contributed by atoms with Crippen molar-refractivity contribution in [2.45, 2.75) is 58.7 Å². The van der Waals surface area contributed by atoms with Crippen LogP contribution in [0.2, 0.25) is 0 Å². The van der Waals surface area contributed by atoms with Crippen LogP contribution in [0.4, 0.5) is 4.79 Å². The van der Waals surface area contributed by atoms with Gasteiger partial charge in [-0.3, -0.25) is 4.99 Å². The van der Waals surface area contributed by atoms with Crippen molar-refractivity contribution in [2.24, 2.45) is 4.99 Å². The summed E-state index contributed by atoms with van der Waals surface area (Å²) in [4.78, 5) is 20.9. The number of fused-ring (bicyclic) bond motifs is 1. The largest absolute Gasteiger partial charge is 0.444 e. The summed E-state index contributed by atoms with van der Waals surface area (Å²) in [5, 5.41) is 7.41. The molecule has 152 valence electrons. The lowest BCUT2D eigenvalue weighted by Gasteiger charge is -2.39. The quantitative estimate of drug-likeness (QED) is 0.655. The molecule has 9 heteroatoms. The molecule has 0 aromatic carbocycles. The van der Waals surface area contributed by atoms with Gasteiger partial charge in [-0.1, -0.05) is 19.0 Å². The summed E-state index contributed by atoms with van der Waals surface area (Å²) in [6.07, 6.45) is -0.249. The highest BCUT2D eigenvalue weighted by Gasteiger charge is 2.36. The Labute approximate surface area is 177 Å². The van der Waals surface area contributed by atoms with E-state index in [1.165, 1.54) is 0 Å². The predicted octanol–water partition coefficient (Wildman–Crippen LogP) is 2.80. The minimum atomic E-state index is -0.473. The number of nitrogens with zero attached hydrogens (tertiary/aromatic N) is 4. The molecular formula is C18H30IN5O3. The standard InChI is InChI=1S/C18H29N5O3.HI/c1-12(2)15-8-14(26-21-15)10-20-16-19-9-13-11-22(6-7-23(13)16)17(24)25-18(3,4)5;/h8,12-13H,6-7,9-11H2,1-5H3,(H,19,20);1H. The van der Waals surface area contributed by atoms with E-state index in [1.54, 1.807) is 4.90 Å².